The summed E-state index contributed by atoms with van der Waals surface area (Å²) in [6.07, 6.45) is 0.684. The number of carbonyl (C=O) groups is 2. The van der Waals surface area contributed by atoms with Crippen molar-refractivity contribution in [3.63, 3.8) is 0 Å². The number of fused-ring (bicyclic) bond motifs is 2. The van der Waals surface area contributed by atoms with Gasteiger partial charge in [0.05, 0.1) is 5.52 Å². The molecule has 196 valence electrons. The Labute approximate surface area is 219 Å². The van der Waals surface area contributed by atoms with Gasteiger partial charge in [-0.3, -0.25) is 14.5 Å². The molecule has 0 bridgehead atoms. The van der Waals surface area contributed by atoms with Crippen molar-refractivity contribution in [3.05, 3.63) is 72.3 Å². The maximum absolute atomic E-state index is 14.1. The third kappa shape index (κ3) is 4.97. The quantitative estimate of drug-likeness (QED) is 0.365. The number of aromatic nitrogens is 3. The topological polar surface area (TPSA) is 119 Å². The van der Waals surface area contributed by atoms with Crippen molar-refractivity contribution in [1.82, 2.24) is 20.3 Å². The first-order valence-corrected chi connectivity index (χ1v) is 12.4. The molecule has 2 amide bonds. The van der Waals surface area contributed by atoms with E-state index in [2.05, 4.69) is 15.6 Å². The molecule has 1 atom stereocenters. The summed E-state index contributed by atoms with van der Waals surface area (Å²) in [5.41, 5.74) is 1.82. The van der Waals surface area contributed by atoms with Crippen LogP contribution in [0.15, 0.2) is 66.7 Å². The molecule has 10 heteroatoms. The fourth-order valence-corrected chi connectivity index (χ4v) is 4.28. The van der Waals surface area contributed by atoms with E-state index >= 15 is 0 Å². The normalized spacial score (nSPS) is 13.3. The first-order valence-electron chi connectivity index (χ1n) is 12.4. The Bertz CT molecular complexity index is 1480. The van der Waals surface area contributed by atoms with Crippen LogP contribution in [0.4, 0.5) is 5.69 Å². The number of aromatic hydroxyl groups is 1. The second-order valence-electron chi connectivity index (χ2n) is 9.76. The van der Waals surface area contributed by atoms with Crippen LogP contribution in [0.25, 0.3) is 11.0 Å². The Morgan fingerprint density at radius 1 is 1.08 bits per heavy atom. The van der Waals surface area contributed by atoms with Crippen LogP contribution in [-0.4, -0.2) is 44.2 Å². The van der Waals surface area contributed by atoms with E-state index in [9.17, 15) is 14.7 Å². The van der Waals surface area contributed by atoms with E-state index < -0.39 is 11.6 Å². The van der Waals surface area contributed by atoms with Crippen LogP contribution in [0.2, 0.25) is 0 Å². The second-order valence-corrected chi connectivity index (χ2v) is 9.76. The highest BCUT2D eigenvalue weighted by atomic mass is 16.7. The number of rotatable bonds is 8. The van der Waals surface area contributed by atoms with Crippen molar-refractivity contribution in [1.29, 1.82) is 0 Å². The lowest BCUT2D eigenvalue weighted by molar-refractivity contribution is -0.128. The zero-order valence-corrected chi connectivity index (χ0v) is 21.4. The van der Waals surface area contributed by atoms with Crippen LogP contribution in [-0.2, 0) is 16.1 Å². The fourth-order valence-electron chi connectivity index (χ4n) is 4.28. The maximum Gasteiger partial charge on any atom is 0.249 e. The number of anilines is 1. The number of carbonyl (C=O) groups excluding carboxylic acids is 2. The van der Waals surface area contributed by atoms with Gasteiger partial charge < -0.3 is 19.9 Å². The predicted octanol–water partition coefficient (Wildman–Crippen LogP) is 3.94. The minimum Gasteiger partial charge on any atom is -0.508 e. The molecule has 1 unspecified atom stereocenters. The van der Waals surface area contributed by atoms with Crippen LogP contribution < -0.4 is 19.7 Å². The number of phenolic OH excluding ortho intramolecular Hbond substituents is 1. The highest BCUT2D eigenvalue weighted by Gasteiger charge is 2.36. The number of para-hydroxylation sites is 1. The van der Waals surface area contributed by atoms with Gasteiger partial charge in [-0.1, -0.05) is 36.4 Å². The van der Waals surface area contributed by atoms with Gasteiger partial charge in [0.25, 0.3) is 0 Å². The van der Waals surface area contributed by atoms with Crippen molar-refractivity contribution < 1.29 is 24.2 Å². The van der Waals surface area contributed by atoms with E-state index in [1.165, 1.54) is 21.7 Å². The number of amides is 2. The number of benzene rings is 3. The van der Waals surface area contributed by atoms with Crippen LogP contribution in [0, 0.1) is 0 Å². The standard InChI is InChI=1S/C28H29N5O5/c1-4-28(2,3)29-27(36)26(18-9-12-20(34)13-10-18)33(19-11-14-23-24(15-19)38-17-37-23)25(35)16-32-22-8-6-5-7-21(22)30-31-32/h5-15,26,34H,4,16-17H2,1-3H3,(H,29,36). The van der Waals surface area contributed by atoms with Crippen LogP contribution in [0.5, 0.6) is 17.2 Å². The number of nitrogens with one attached hydrogen (secondary N) is 1. The summed E-state index contributed by atoms with van der Waals surface area (Å²) in [6, 6.07) is 17.7. The molecular formula is C28H29N5O5. The van der Waals surface area contributed by atoms with Gasteiger partial charge in [0.2, 0.25) is 18.6 Å². The first-order chi connectivity index (χ1) is 18.3. The summed E-state index contributed by atoms with van der Waals surface area (Å²) in [5, 5.41) is 21.3. The molecule has 38 heavy (non-hydrogen) atoms. The fraction of sp³-hybridized carbons (Fsp3) is 0.286. The Kier molecular flexibility index (Phi) is 6.62. The third-order valence-electron chi connectivity index (χ3n) is 6.67. The van der Waals surface area contributed by atoms with Gasteiger partial charge in [-0.15, -0.1) is 5.10 Å². The van der Waals surface area contributed by atoms with Crippen LogP contribution in [0.1, 0.15) is 38.8 Å². The maximum atomic E-state index is 14.1. The second kappa shape index (κ2) is 10.0. The number of ether oxygens (including phenoxy) is 2. The molecule has 0 radical (unpaired) electrons. The highest BCUT2D eigenvalue weighted by Crippen LogP contribution is 2.38. The molecule has 10 nitrogen and oxygen atoms in total. The number of hydrogen-bond acceptors (Lipinski definition) is 7. The van der Waals surface area contributed by atoms with E-state index in [0.29, 0.717) is 40.2 Å². The lowest BCUT2D eigenvalue weighted by Gasteiger charge is -2.34. The molecule has 0 fully saturated rings. The molecule has 0 saturated carbocycles. The largest absolute Gasteiger partial charge is 0.508 e. The minimum atomic E-state index is -1.05. The Morgan fingerprint density at radius 3 is 2.58 bits per heavy atom. The van der Waals surface area contributed by atoms with Crippen LogP contribution >= 0.6 is 0 Å². The van der Waals surface area contributed by atoms with Crippen LogP contribution in [0.3, 0.4) is 0 Å². The SMILES string of the molecule is CCC(C)(C)NC(=O)C(c1ccc(O)cc1)N(C(=O)Cn1nnc2ccccc21)c1ccc2c(c1)OCO2. The molecule has 3 aromatic carbocycles. The lowest BCUT2D eigenvalue weighted by Crippen LogP contribution is -2.51. The molecule has 1 aliphatic heterocycles. The molecule has 0 aliphatic carbocycles. The predicted molar refractivity (Wildman–Crippen MR) is 141 cm³/mol. The molecule has 5 rings (SSSR count). The molecule has 1 aromatic heterocycles. The zero-order chi connectivity index (χ0) is 26.9. The Balaban J connectivity index is 1.61. The van der Waals surface area contributed by atoms with Crippen molar-refractivity contribution in [3.8, 4) is 17.2 Å². The Morgan fingerprint density at radius 2 is 1.82 bits per heavy atom. The van der Waals surface area contributed by atoms with Crippen molar-refractivity contribution in [2.45, 2.75) is 45.3 Å². The summed E-state index contributed by atoms with van der Waals surface area (Å²) >= 11 is 0. The van der Waals surface area contributed by atoms with Gasteiger partial charge >= 0.3 is 0 Å². The van der Waals surface area contributed by atoms with Gasteiger partial charge in [-0.25, -0.2) is 4.68 Å². The highest BCUT2D eigenvalue weighted by molar-refractivity contribution is 6.02. The molecule has 2 heterocycles. The summed E-state index contributed by atoms with van der Waals surface area (Å²) in [6.45, 7) is 5.74. The third-order valence-corrected chi connectivity index (χ3v) is 6.67. The number of phenols is 1. The molecule has 2 N–H and O–H groups in total. The smallest absolute Gasteiger partial charge is 0.249 e. The van der Waals surface area contributed by atoms with Gasteiger partial charge in [-0.2, -0.15) is 0 Å². The molecule has 1 aliphatic rings. The van der Waals surface area contributed by atoms with E-state index in [4.69, 9.17) is 9.47 Å². The van der Waals surface area contributed by atoms with E-state index in [1.807, 2.05) is 45.0 Å². The average Bonchev–Trinajstić information content (AvgIpc) is 3.54. The Hall–Kier alpha value is -4.60. The molecule has 0 spiro atoms. The lowest BCUT2D eigenvalue weighted by atomic mass is 9.98. The monoisotopic (exact) mass is 515 g/mol. The van der Waals surface area contributed by atoms with Gasteiger partial charge in [0.1, 0.15) is 23.9 Å². The van der Waals surface area contributed by atoms with Gasteiger partial charge in [0, 0.05) is 17.3 Å². The van der Waals surface area contributed by atoms with E-state index in [1.54, 1.807) is 30.3 Å². The van der Waals surface area contributed by atoms with E-state index in [0.717, 1.165) is 0 Å². The summed E-state index contributed by atoms with van der Waals surface area (Å²) in [4.78, 5) is 29.5. The summed E-state index contributed by atoms with van der Waals surface area (Å²) in [7, 11) is 0. The summed E-state index contributed by atoms with van der Waals surface area (Å²) in [5.74, 6) is 0.335. The van der Waals surface area contributed by atoms with Crippen molar-refractivity contribution >= 4 is 28.5 Å². The van der Waals surface area contributed by atoms with Gasteiger partial charge in [-0.05, 0) is 62.2 Å². The van der Waals surface area contributed by atoms with Crippen molar-refractivity contribution in [2.24, 2.45) is 0 Å². The minimum absolute atomic E-state index is 0.0526. The number of nitrogens with zero attached hydrogens (tertiary/aromatic N) is 4. The van der Waals surface area contributed by atoms with Crippen molar-refractivity contribution in [2.75, 3.05) is 11.7 Å². The average molecular weight is 516 g/mol. The zero-order valence-electron chi connectivity index (χ0n) is 21.4. The number of hydrogen-bond donors (Lipinski definition) is 2. The summed E-state index contributed by atoms with van der Waals surface area (Å²) < 4.78 is 12.5. The molecule has 4 aromatic rings. The van der Waals surface area contributed by atoms with Gasteiger partial charge in [0.15, 0.2) is 11.5 Å². The molecular weight excluding hydrogens is 486 g/mol. The first kappa shape index (κ1) is 25.1. The molecule has 0 saturated heterocycles. The van der Waals surface area contributed by atoms with E-state index in [-0.39, 0.29) is 30.9 Å².